The Bertz CT molecular complexity index is 355. The van der Waals surface area contributed by atoms with Crippen LogP contribution in [0.2, 0.25) is 0 Å². The second kappa shape index (κ2) is 5.38. The fraction of sp³-hybridized carbons (Fsp3) is 0.417. The van der Waals surface area contributed by atoms with Gasteiger partial charge in [0.1, 0.15) is 5.82 Å². The summed E-state index contributed by atoms with van der Waals surface area (Å²) in [7, 11) is 0. The minimum atomic E-state index is -0.476. The highest BCUT2D eigenvalue weighted by Gasteiger charge is 2.07. The van der Waals surface area contributed by atoms with Crippen LogP contribution >= 0.6 is 0 Å². The standard InChI is InChI=1S/C12H16N2O/c1-4-8-14(5-2)12-9-11(10(3)15)6-7-13-12/h1,6-7,9-10,15H,5,8H2,2-3H3/t10-/m1/s1. The molecule has 1 heterocycles. The van der Waals surface area contributed by atoms with Crippen LogP contribution in [0.3, 0.4) is 0 Å². The molecular formula is C12H16N2O. The number of hydrogen-bond acceptors (Lipinski definition) is 3. The molecule has 1 N–H and O–H groups in total. The second-order valence-electron chi connectivity index (χ2n) is 3.34. The molecule has 1 aromatic rings. The molecule has 3 nitrogen and oxygen atoms in total. The molecule has 0 bridgehead atoms. The van der Waals surface area contributed by atoms with Gasteiger partial charge in [0.05, 0.1) is 12.6 Å². The largest absolute Gasteiger partial charge is 0.389 e. The number of pyridine rings is 1. The summed E-state index contributed by atoms with van der Waals surface area (Å²) >= 11 is 0. The fourth-order valence-corrected chi connectivity index (χ4v) is 1.33. The van der Waals surface area contributed by atoms with E-state index in [-0.39, 0.29) is 0 Å². The van der Waals surface area contributed by atoms with Crippen LogP contribution in [0.5, 0.6) is 0 Å². The van der Waals surface area contributed by atoms with Crippen molar-refractivity contribution >= 4 is 5.82 Å². The molecule has 0 spiro atoms. The van der Waals surface area contributed by atoms with Crippen molar-refractivity contribution in [1.82, 2.24) is 4.98 Å². The second-order valence-corrected chi connectivity index (χ2v) is 3.34. The van der Waals surface area contributed by atoms with E-state index < -0.39 is 6.10 Å². The van der Waals surface area contributed by atoms with Crippen LogP contribution in [0.4, 0.5) is 5.82 Å². The normalized spacial score (nSPS) is 11.9. The maximum Gasteiger partial charge on any atom is 0.129 e. The Morgan fingerprint density at radius 3 is 2.93 bits per heavy atom. The van der Waals surface area contributed by atoms with E-state index in [4.69, 9.17) is 6.42 Å². The molecule has 0 aliphatic carbocycles. The Balaban J connectivity index is 2.93. The summed E-state index contributed by atoms with van der Waals surface area (Å²) in [4.78, 5) is 6.21. The molecule has 15 heavy (non-hydrogen) atoms. The maximum atomic E-state index is 9.45. The lowest BCUT2D eigenvalue weighted by atomic mass is 10.1. The van der Waals surface area contributed by atoms with Gasteiger partial charge < -0.3 is 10.0 Å². The van der Waals surface area contributed by atoms with Crippen molar-refractivity contribution in [2.24, 2.45) is 0 Å². The van der Waals surface area contributed by atoms with E-state index >= 15 is 0 Å². The first-order valence-electron chi connectivity index (χ1n) is 5.01. The summed E-state index contributed by atoms with van der Waals surface area (Å²) in [5.41, 5.74) is 0.857. The minimum absolute atomic E-state index is 0.476. The lowest BCUT2D eigenvalue weighted by Crippen LogP contribution is -2.24. The van der Waals surface area contributed by atoms with Crippen LogP contribution in [0, 0.1) is 12.3 Å². The van der Waals surface area contributed by atoms with Gasteiger partial charge in [0, 0.05) is 12.7 Å². The highest BCUT2D eigenvalue weighted by Crippen LogP contribution is 2.17. The molecule has 0 unspecified atom stereocenters. The number of aliphatic hydroxyl groups excluding tert-OH is 1. The Hall–Kier alpha value is -1.53. The van der Waals surface area contributed by atoms with Crippen molar-refractivity contribution in [1.29, 1.82) is 0 Å². The molecule has 80 valence electrons. The number of aromatic nitrogens is 1. The first-order valence-corrected chi connectivity index (χ1v) is 5.01. The van der Waals surface area contributed by atoms with Gasteiger partial charge in [0.25, 0.3) is 0 Å². The van der Waals surface area contributed by atoms with Crippen molar-refractivity contribution < 1.29 is 5.11 Å². The maximum absolute atomic E-state index is 9.45. The minimum Gasteiger partial charge on any atom is -0.389 e. The van der Waals surface area contributed by atoms with Crippen LogP contribution in [0.15, 0.2) is 18.3 Å². The molecule has 1 atom stereocenters. The van der Waals surface area contributed by atoms with Gasteiger partial charge >= 0.3 is 0 Å². The molecule has 0 aliphatic rings. The van der Waals surface area contributed by atoms with Crippen LogP contribution in [-0.2, 0) is 0 Å². The zero-order chi connectivity index (χ0) is 11.3. The van der Waals surface area contributed by atoms with Crippen LogP contribution in [-0.4, -0.2) is 23.2 Å². The lowest BCUT2D eigenvalue weighted by molar-refractivity contribution is 0.199. The van der Waals surface area contributed by atoms with E-state index in [9.17, 15) is 5.11 Å². The summed E-state index contributed by atoms with van der Waals surface area (Å²) in [6, 6.07) is 3.67. The molecule has 0 saturated heterocycles. The van der Waals surface area contributed by atoms with Gasteiger partial charge in [-0.2, -0.15) is 0 Å². The monoisotopic (exact) mass is 204 g/mol. The number of nitrogens with zero attached hydrogens (tertiary/aromatic N) is 2. The van der Waals surface area contributed by atoms with Crippen LogP contribution < -0.4 is 4.90 Å². The Labute approximate surface area is 90.8 Å². The smallest absolute Gasteiger partial charge is 0.129 e. The SMILES string of the molecule is C#CCN(CC)c1cc([C@@H](C)O)ccn1. The van der Waals surface area contributed by atoms with E-state index in [1.807, 2.05) is 17.9 Å². The zero-order valence-electron chi connectivity index (χ0n) is 9.14. The van der Waals surface area contributed by atoms with E-state index in [1.54, 1.807) is 19.2 Å². The predicted molar refractivity (Wildman–Crippen MR) is 61.6 cm³/mol. The predicted octanol–water partition coefficient (Wildman–Crippen LogP) is 1.59. The van der Waals surface area contributed by atoms with Gasteiger partial charge in [0.2, 0.25) is 0 Å². The molecule has 0 fully saturated rings. The summed E-state index contributed by atoms with van der Waals surface area (Å²) < 4.78 is 0. The third kappa shape index (κ3) is 2.97. The highest BCUT2D eigenvalue weighted by molar-refractivity contribution is 5.42. The zero-order valence-corrected chi connectivity index (χ0v) is 9.14. The Morgan fingerprint density at radius 2 is 2.40 bits per heavy atom. The molecule has 0 saturated carbocycles. The molecule has 0 aliphatic heterocycles. The summed E-state index contributed by atoms with van der Waals surface area (Å²) in [5, 5.41) is 9.45. The average molecular weight is 204 g/mol. The molecule has 1 aromatic heterocycles. The molecule has 0 aromatic carbocycles. The molecule has 3 heteroatoms. The number of hydrogen-bond donors (Lipinski definition) is 1. The number of anilines is 1. The van der Waals surface area contributed by atoms with Gasteiger partial charge in [-0.3, -0.25) is 0 Å². The van der Waals surface area contributed by atoms with Crippen molar-refractivity contribution in [2.75, 3.05) is 18.0 Å². The highest BCUT2D eigenvalue weighted by atomic mass is 16.3. The van der Waals surface area contributed by atoms with E-state index in [0.29, 0.717) is 6.54 Å². The van der Waals surface area contributed by atoms with Crippen LogP contribution in [0.25, 0.3) is 0 Å². The number of terminal acetylenes is 1. The quantitative estimate of drug-likeness (QED) is 0.757. The molecular weight excluding hydrogens is 188 g/mol. The lowest BCUT2D eigenvalue weighted by Gasteiger charge is -2.19. The summed E-state index contributed by atoms with van der Waals surface area (Å²) in [6.07, 6.45) is 6.49. The van der Waals surface area contributed by atoms with Gasteiger partial charge in [0.15, 0.2) is 0 Å². The van der Waals surface area contributed by atoms with Crippen molar-refractivity contribution in [3.63, 3.8) is 0 Å². The van der Waals surface area contributed by atoms with Crippen molar-refractivity contribution in [3.05, 3.63) is 23.9 Å². The summed E-state index contributed by atoms with van der Waals surface area (Å²) in [5.74, 6) is 3.40. The topological polar surface area (TPSA) is 36.4 Å². The van der Waals surface area contributed by atoms with E-state index in [0.717, 1.165) is 17.9 Å². The average Bonchev–Trinajstić information content (AvgIpc) is 2.26. The third-order valence-corrected chi connectivity index (χ3v) is 2.24. The number of aliphatic hydroxyl groups is 1. The van der Waals surface area contributed by atoms with Gasteiger partial charge in [-0.15, -0.1) is 6.42 Å². The van der Waals surface area contributed by atoms with Crippen molar-refractivity contribution in [3.8, 4) is 12.3 Å². The van der Waals surface area contributed by atoms with Gasteiger partial charge in [-0.25, -0.2) is 4.98 Å². The van der Waals surface area contributed by atoms with Crippen molar-refractivity contribution in [2.45, 2.75) is 20.0 Å². The van der Waals surface area contributed by atoms with E-state index in [2.05, 4.69) is 10.9 Å². The Kier molecular flexibility index (Phi) is 4.14. The van der Waals surface area contributed by atoms with Crippen LogP contribution in [0.1, 0.15) is 25.5 Å². The third-order valence-electron chi connectivity index (χ3n) is 2.24. The molecule has 0 radical (unpaired) electrons. The summed E-state index contributed by atoms with van der Waals surface area (Å²) in [6.45, 7) is 5.10. The number of rotatable bonds is 4. The first-order chi connectivity index (χ1) is 7.19. The molecule has 0 amide bonds. The Morgan fingerprint density at radius 1 is 1.67 bits per heavy atom. The first kappa shape index (κ1) is 11.5. The fourth-order valence-electron chi connectivity index (χ4n) is 1.33. The molecule has 1 rings (SSSR count). The van der Waals surface area contributed by atoms with E-state index in [1.165, 1.54) is 0 Å². The van der Waals surface area contributed by atoms with Gasteiger partial charge in [-0.05, 0) is 31.5 Å². The van der Waals surface area contributed by atoms with Gasteiger partial charge in [-0.1, -0.05) is 5.92 Å².